The van der Waals surface area contributed by atoms with Crippen LogP contribution in [0.15, 0.2) is 77.2 Å². The van der Waals surface area contributed by atoms with Crippen molar-refractivity contribution in [3.05, 3.63) is 84.1 Å². The minimum atomic E-state index is 0. The summed E-state index contributed by atoms with van der Waals surface area (Å²) in [5, 5.41) is 3.42. The van der Waals surface area contributed by atoms with Gasteiger partial charge in [-0.05, 0) is 30.7 Å². The van der Waals surface area contributed by atoms with Crippen LogP contribution in [0.4, 0.5) is 0 Å². The van der Waals surface area contributed by atoms with Crippen LogP contribution in [0.5, 0.6) is 0 Å². The van der Waals surface area contributed by atoms with Crippen LogP contribution < -0.4 is 5.32 Å². The van der Waals surface area contributed by atoms with E-state index in [-0.39, 0.29) is 12.4 Å². The van der Waals surface area contributed by atoms with Crippen LogP contribution in [0.2, 0.25) is 0 Å². The van der Waals surface area contributed by atoms with E-state index in [9.17, 15) is 0 Å². The SMILES string of the molecule is Cl.c1ccc(CCNCc2ccc(-c3ccccc3)o2)cc1. The third kappa shape index (κ3) is 4.48. The lowest BCUT2D eigenvalue weighted by molar-refractivity contribution is 0.495. The van der Waals surface area contributed by atoms with E-state index in [0.717, 1.165) is 36.6 Å². The van der Waals surface area contributed by atoms with Crippen LogP contribution in [-0.4, -0.2) is 6.54 Å². The quantitative estimate of drug-likeness (QED) is 0.667. The van der Waals surface area contributed by atoms with Gasteiger partial charge in [0.05, 0.1) is 6.54 Å². The number of furan rings is 1. The first-order valence-corrected chi connectivity index (χ1v) is 7.30. The number of rotatable bonds is 6. The number of hydrogen-bond donors (Lipinski definition) is 1. The van der Waals surface area contributed by atoms with Crippen molar-refractivity contribution in [2.75, 3.05) is 6.54 Å². The normalized spacial score (nSPS) is 10.2. The predicted molar refractivity (Wildman–Crippen MR) is 93.2 cm³/mol. The van der Waals surface area contributed by atoms with Crippen LogP contribution >= 0.6 is 12.4 Å². The van der Waals surface area contributed by atoms with Crippen molar-refractivity contribution < 1.29 is 4.42 Å². The molecule has 0 spiro atoms. The van der Waals surface area contributed by atoms with Crippen molar-refractivity contribution in [1.29, 1.82) is 0 Å². The van der Waals surface area contributed by atoms with Crippen LogP contribution in [-0.2, 0) is 13.0 Å². The summed E-state index contributed by atoms with van der Waals surface area (Å²) < 4.78 is 5.86. The average molecular weight is 314 g/mol. The molecule has 0 radical (unpaired) electrons. The second-order valence-corrected chi connectivity index (χ2v) is 5.04. The van der Waals surface area contributed by atoms with Gasteiger partial charge in [-0.15, -0.1) is 12.4 Å². The average Bonchev–Trinajstić information content (AvgIpc) is 3.02. The van der Waals surface area contributed by atoms with Gasteiger partial charge in [-0.25, -0.2) is 0 Å². The molecule has 0 amide bonds. The fourth-order valence-corrected chi connectivity index (χ4v) is 2.32. The molecule has 0 aliphatic carbocycles. The molecule has 3 aromatic rings. The van der Waals surface area contributed by atoms with Gasteiger partial charge in [0.2, 0.25) is 0 Å². The van der Waals surface area contributed by atoms with Gasteiger partial charge in [-0.1, -0.05) is 60.7 Å². The molecule has 1 N–H and O–H groups in total. The second kappa shape index (κ2) is 8.42. The van der Waals surface area contributed by atoms with E-state index in [1.54, 1.807) is 0 Å². The molecule has 0 saturated carbocycles. The summed E-state index contributed by atoms with van der Waals surface area (Å²) in [6.45, 7) is 1.71. The summed E-state index contributed by atoms with van der Waals surface area (Å²) in [7, 11) is 0. The zero-order valence-electron chi connectivity index (χ0n) is 12.4. The van der Waals surface area contributed by atoms with Crippen LogP contribution in [0, 0.1) is 0 Å². The summed E-state index contributed by atoms with van der Waals surface area (Å²) in [6.07, 6.45) is 1.03. The highest BCUT2D eigenvalue weighted by molar-refractivity contribution is 5.85. The Balaban J connectivity index is 0.00000176. The van der Waals surface area contributed by atoms with Crippen molar-refractivity contribution in [2.45, 2.75) is 13.0 Å². The summed E-state index contributed by atoms with van der Waals surface area (Å²) in [6, 6.07) is 24.8. The molecule has 0 unspecified atom stereocenters. The lowest BCUT2D eigenvalue weighted by atomic mass is 10.1. The van der Waals surface area contributed by atoms with E-state index < -0.39 is 0 Å². The molecule has 0 aliphatic rings. The Morgan fingerprint density at radius 3 is 2.18 bits per heavy atom. The third-order valence-electron chi connectivity index (χ3n) is 3.45. The van der Waals surface area contributed by atoms with Gasteiger partial charge in [-0.3, -0.25) is 0 Å². The first-order valence-electron chi connectivity index (χ1n) is 7.30. The Labute approximate surface area is 137 Å². The third-order valence-corrected chi connectivity index (χ3v) is 3.45. The van der Waals surface area contributed by atoms with Gasteiger partial charge in [0.25, 0.3) is 0 Å². The van der Waals surface area contributed by atoms with Crippen LogP contribution in [0.25, 0.3) is 11.3 Å². The summed E-state index contributed by atoms with van der Waals surface area (Å²) in [5.41, 5.74) is 2.47. The Hall–Kier alpha value is -2.03. The smallest absolute Gasteiger partial charge is 0.134 e. The first kappa shape index (κ1) is 16.3. The highest BCUT2D eigenvalue weighted by Gasteiger charge is 2.03. The molecule has 2 nitrogen and oxygen atoms in total. The minimum absolute atomic E-state index is 0. The van der Waals surface area contributed by atoms with E-state index in [1.807, 2.05) is 36.4 Å². The zero-order valence-corrected chi connectivity index (χ0v) is 13.2. The van der Waals surface area contributed by atoms with Gasteiger partial charge in [0.15, 0.2) is 0 Å². The highest BCUT2D eigenvalue weighted by Crippen LogP contribution is 2.21. The number of nitrogens with one attached hydrogen (secondary N) is 1. The van der Waals surface area contributed by atoms with E-state index >= 15 is 0 Å². The Bertz CT molecular complexity index is 664. The first-order chi connectivity index (χ1) is 10.4. The summed E-state index contributed by atoms with van der Waals surface area (Å²) in [4.78, 5) is 0. The Kier molecular flexibility index (Phi) is 6.26. The van der Waals surface area contributed by atoms with Crippen molar-refractivity contribution in [3.63, 3.8) is 0 Å². The molecule has 0 saturated heterocycles. The molecule has 2 aromatic carbocycles. The predicted octanol–water partition coefficient (Wildman–Crippen LogP) is 4.70. The van der Waals surface area contributed by atoms with E-state index in [0.29, 0.717) is 0 Å². The van der Waals surface area contributed by atoms with Crippen molar-refractivity contribution in [3.8, 4) is 11.3 Å². The monoisotopic (exact) mass is 313 g/mol. The molecule has 3 rings (SSSR count). The zero-order chi connectivity index (χ0) is 14.3. The lowest BCUT2D eigenvalue weighted by Crippen LogP contribution is -2.16. The molecule has 0 aliphatic heterocycles. The van der Waals surface area contributed by atoms with Crippen molar-refractivity contribution in [2.24, 2.45) is 0 Å². The molecule has 3 heteroatoms. The van der Waals surface area contributed by atoms with Crippen molar-refractivity contribution >= 4 is 12.4 Å². The van der Waals surface area contributed by atoms with E-state index in [1.165, 1.54) is 5.56 Å². The number of hydrogen-bond acceptors (Lipinski definition) is 2. The highest BCUT2D eigenvalue weighted by atomic mass is 35.5. The topological polar surface area (TPSA) is 25.2 Å². The largest absolute Gasteiger partial charge is 0.460 e. The molecule has 1 aromatic heterocycles. The number of halogens is 1. The van der Waals surface area contributed by atoms with Gasteiger partial charge in [0, 0.05) is 5.56 Å². The van der Waals surface area contributed by atoms with Crippen LogP contribution in [0.3, 0.4) is 0 Å². The second-order valence-electron chi connectivity index (χ2n) is 5.04. The van der Waals surface area contributed by atoms with Crippen molar-refractivity contribution in [1.82, 2.24) is 5.32 Å². The molecule has 0 fully saturated rings. The van der Waals surface area contributed by atoms with E-state index in [4.69, 9.17) is 4.42 Å². The fourth-order valence-electron chi connectivity index (χ4n) is 2.32. The van der Waals surface area contributed by atoms with Gasteiger partial charge in [0.1, 0.15) is 11.5 Å². The molecular formula is C19H20ClNO. The summed E-state index contributed by atoms with van der Waals surface area (Å²) in [5.74, 6) is 1.90. The van der Waals surface area contributed by atoms with Gasteiger partial charge < -0.3 is 9.73 Å². The standard InChI is InChI=1S/C19H19NO.ClH/c1-3-7-16(8-4-1)13-14-20-15-18-11-12-19(21-18)17-9-5-2-6-10-17;/h1-12,20H,13-15H2;1H. The molecule has 114 valence electrons. The molecule has 0 bridgehead atoms. The lowest BCUT2D eigenvalue weighted by Gasteiger charge is -2.03. The van der Waals surface area contributed by atoms with Crippen LogP contribution in [0.1, 0.15) is 11.3 Å². The number of benzene rings is 2. The van der Waals surface area contributed by atoms with Gasteiger partial charge in [-0.2, -0.15) is 0 Å². The molecule has 0 atom stereocenters. The Morgan fingerprint density at radius 2 is 1.45 bits per heavy atom. The maximum Gasteiger partial charge on any atom is 0.134 e. The molecular weight excluding hydrogens is 294 g/mol. The van der Waals surface area contributed by atoms with Gasteiger partial charge >= 0.3 is 0 Å². The van der Waals surface area contributed by atoms with E-state index in [2.05, 4.69) is 41.7 Å². The Morgan fingerprint density at radius 1 is 0.773 bits per heavy atom. The minimum Gasteiger partial charge on any atom is -0.460 e. The maximum atomic E-state index is 5.86. The fraction of sp³-hybridized carbons (Fsp3) is 0.158. The maximum absolute atomic E-state index is 5.86. The summed E-state index contributed by atoms with van der Waals surface area (Å²) >= 11 is 0. The molecule has 22 heavy (non-hydrogen) atoms. The molecule has 1 heterocycles.